The predicted octanol–water partition coefficient (Wildman–Crippen LogP) is 5.89. The smallest absolute Gasteiger partial charge is 0.428 e. The SMILES string of the molecule is CCC1COC(c2cc(F)c(C(F)(F)Oc3cc(F)c(F)c(F)c3C)c(F)c2)OC1. The van der Waals surface area contributed by atoms with Gasteiger partial charge in [-0.05, 0) is 25.5 Å². The van der Waals surface area contributed by atoms with Gasteiger partial charge >= 0.3 is 6.11 Å². The van der Waals surface area contributed by atoms with Gasteiger partial charge in [0.2, 0.25) is 0 Å². The molecule has 0 aromatic heterocycles. The zero-order valence-corrected chi connectivity index (χ0v) is 15.9. The highest BCUT2D eigenvalue weighted by atomic mass is 19.3. The topological polar surface area (TPSA) is 27.7 Å². The molecule has 1 saturated heterocycles. The molecule has 0 unspecified atom stereocenters. The van der Waals surface area contributed by atoms with Crippen molar-refractivity contribution in [2.45, 2.75) is 32.7 Å². The van der Waals surface area contributed by atoms with E-state index in [2.05, 4.69) is 4.74 Å². The van der Waals surface area contributed by atoms with E-state index < -0.39 is 58.4 Å². The Morgan fingerprint density at radius 2 is 1.50 bits per heavy atom. The second-order valence-electron chi connectivity index (χ2n) is 6.86. The summed E-state index contributed by atoms with van der Waals surface area (Å²) in [5.74, 6) is -9.80. The molecule has 2 aromatic carbocycles. The average Bonchev–Trinajstić information content (AvgIpc) is 2.69. The van der Waals surface area contributed by atoms with Crippen LogP contribution in [-0.4, -0.2) is 13.2 Å². The van der Waals surface area contributed by atoms with Crippen LogP contribution in [0, 0.1) is 41.9 Å². The summed E-state index contributed by atoms with van der Waals surface area (Å²) in [7, 11) is 0. The van der Waals surface area contributed by atoms with Gasteiger partial charge in [0.15, 0.2) is 23.7 Å². The number of alkyl halides is 2. The second-order valence-corrected chi connectivity index (χ2v) is 6.86. The minimum Gasteiger partial charge on any atom is -0.428 e. The van der Waals surface area contributed by atoms with Crippen LogP contribution in [0.1, 0.15) is 36.3 Å². The molecular weight excluding hydrogens is 421 g/mol. The van der Waals surface area contributed by atoms with Gasteiger partial charge in [0.1, 0.15) is 22.9 Å². The van der Waals surface area contributed by atoms with E-state index in [9.17, 15) is 30.7 Å². The van der Waals surface area contributed by atoms with Gasteiger partial charge in [-0.2, -0.15) is 8.78 Å². The number of benzene rings is 2. The van der Waals surface area contributed by atoms with Crippen molar-refractivity contribution < 1.29 is 44.9 Å². The normalized spacial score (nSPS) is 19.8. The van der Waals surface area contributed by atoms with Gasteiger partial charge in [0.25, 0.3) is 0 Å². The minimum absolute atomic E-state index is 0.104. The summed E-state index contributed by atoms with van der Waals surface area (Å²) in [6.45, 7) is 3.30. The largest absolute Gasteiger partial charge is 0.432 e. The van der Waals surface area contributed by atoms with Crippen molar-refractivity contribution in [2.75, 3.05) is 13.2 Å². The van der Waals surface area contributed by atoms with E-state index in [1.807, 2.05) is 6.92 Å². The van der Waals surface area contributed by atoms with Gasteiger partial charge in [-0.3, -0.25) is 0 Å². The molecular formula is C20H17F7O3. The van der Waals surface area contributed by atoms with Crippen LogP contribution >= 0.6 is 0 Å². The zero-order chi connectivity index (χ0) is 22.2. The van der Waals surface area contributed by atoms with Gasteiger partial charge in [-0.15, -0.1) is 0 Å². The highest BCUT2D eigenvalue weighted by Gasteiger charge is 2.42. The molecule has 1 aliphatic heterocycles. The number of hydrogen-bond donors (Lipinski definition) is 0. The van der Waals surface area contributed by atoms with Crippen LogP contribution in [0.15, 0.2) is 18.2 Å². The highest BCUT2D eigenvalue weighted by molar-refractivity contribution is 5.37. The van der Waals surface area contributed by atoms with Crippen molar-refractivity contribution in [1.29, 1.82) is 0 Å². The molecule has 0 atom stereocenters. The van der Waals surface area contributed by atoms with Gasteiger partial charge in [-0.1, -0.05) is 6.92 Å². The van der Waals surface area contributed by atoms with Crippen molar-refractivity contribution in [2.24, 2.45) is 5.92 Å². The van der Waals surface area contributed by atoms with Crippen LogP contribution in [0.3, 0.4) is 0 Å². The molecule has 0 N–H and O–H groups in total. The Hall–Kier alpha value is -2.33. The van der Waals surface area contributed by atoms with Gasteiger partial charge in [0, 0.05) is 23.1 Å². The predicted molar refractivity (Wildman–Crippen MR) is 90.4 cm³/mol. The van der Waals surface area contributed by atoms with E-state index in [1.165, 1.54) is 0 Å². The highest BCUT2D eigenvalue weighted by Crippen LogP contribution is 2.39. The van der Waals surface area contributed by atoms with Crippen LogP contribution in [0.2, 0.25) is 0 Å². The monoisotopic (exact) mass is 438 g/mol. The molecule has 3 rings (SSSR count). The molecule has 0 aliphatic carbocycles. The van der Waals surface area contributed by atoms with E-state index in [-0.39, 0.29) is 30.8 Å². The van der Waals surface area contributed by atoms with E-state index in [1.54, 1.807) is 0 Å². The summed E-state index contributed by atoms with van der Waals surface area (Å²) in [5.41, 5.74) is -2.73. The minimum atomic E-state index is -4.66. The number of hydrogen-bond acceptors (Lipinski definition) is 3. The molecule has 1 aliphatic rings. The summed E-state index contributed by atoms with van der Waals surface area (Å²) in [4.78, 5) is 0. The molecule has 2 aromatic rings. The number of halogens is 7. The van der Waals surface area contributed by atoms with Crippen LogP contribution in [-0.2, 0) is 15.6 Å². The lowest BCUT2D eigenvalue weighted by Crippen LogP contribution is -2.28. The van der Waals surface area contributed by atoms with Crippen LogP contribution in [0.25, 0.3) is 0 Å². The van der Waals surface area contributed by atoms with Crippen LogP contribution < -0.4 is 4.74 Å². The Labute approximate surface area is 167 Å². The molecule has 0 radical (unpaired) electrons. The quantitative estimate of drug-likeness (QED) is 0.430. The lowest BCUT2D eigenvalue weighted by Gasteiger charge is -2.29. The second kappa shape index (κ2) is 8.43. The Morgan fingerprint density at radius 1 is 0.933 bits per heavy atom. The third-order valence-corrected chi connectivity index (χ3v) is 4.77. The fourth-order valence-electron chi connectivity index (χ4n) is 2.94. The molecule has 0 bridgehead atoms. The summed E-state index contributed by atoms with van der Waals surface area (Å²) in [6, 6.07) is 1.37. The zero-order valence-electron chi connectivity index (χ0n) is 15.9. The Kier molecular flexibility index (Phi) is 6.28. The number of ether oxygens (including phenoxy) is 3. The average molecular weight is 438 g/mol. The van der Waals surface area contributed by atoms with Gasteiger partial charge in [0.05, 0.1) is 13.2 Å². The third kappa shape index (κ3) is 4.24. The van der Waals surface area contributed by atoms with E-state index in [4.69, 9.17) is 9.47 Å². The van der Waals surface area contributed by atoms with Crippen molar-refractivity contribution in [3.63, 3.8) is 0 Å². The van der Waals surface area contributed by atoms with Crippen LogP contribution in [0.5, 0.6) is 5.75 Å². The van der Waals surface area contributed by atoms with E-state index in [0.29, 0.717) is 12.1 Å². The fourth-order valence-corrected chi connectivity index (χ4v) is 2.94. The maximum atomic E-state index is 14.5. The standard InChI is InChI=1S/C20H17F7O3/c1-3-10-7-28-19(29-8-10)11-4-12(21)16(13(22)5-11)20(26,27)30-15-6-14(23)18(25)17(24)9(15)2/h4-6,10,19H,3,7-8H2,1-2H3. The molecule has 1 fully saturated rings. The summed E-state index contributed by atoms with van der Waals surface area (Å²) >= 11 is 0. The Morgan fingerprint density at radius 3 is 2.03 bits per heavy atom. The summed E-state index contributed by atoms with van der Waals surface area (Å²) in [5, 5.41) is 0. The molecule has 164 valence electrons. The van der Waals surface area contributed by atoms with Crippen molar-refractivity contribution in [3.05, 3.63) is 64.0 Å². The van der Waals surface area contributed by atoms with Gasteiger partial charge in [-0.25, -0.2) is 22.0 Å². The van der Waals surface area contributed by atoms with Crippen LogP contribution in [0.4, 0.5) is 30.7 Å². The van der Waals surface area contributed by atoms with Crippen molar-refractivity contribution >= 4 is 0 Å². The maximum absolute atomic E-state index is 14.5. The molecule has 0 amide bonds. The maximum Gasteiger partial charge on any atom is 0.432 e. The first-order valence-corrected chi connectivity index (χ1v) is 8.98. The molecule has 0 saturated carbocycles. The molecule has 10 heteroatoms. The third-order valence-electron chi connectivity index (χ3n) is 4.77. The summed E-state index contributed by atoms with van der Waals surface area (Å²) < 4.78 is 113. The van der Waals surface area contributed by atoms with E-state index in [0.717, 1.165) is 13.3 Å². The molecule has 0 spiro atoms. The first-order valence-electron chi connectivity index (χ1n) is 8.98. The first kappa shape index (κ1) is 22.4. The molecule has 1 heterocycles. The Balaban J connectivity index is 1.90. The molecule has 30 heavy (non-hydrogen) atoms. The lowest BCUT2D eigenvalue weighted by molar-refractivity contribution is -0.206. The van der Waals surface area contributed by atoms with Gasteiger partial charge < -0.3 is 14.2 Å². The lowest BCUT2D eigenvalue weighted by atomic mass is 10.1. The Bertz CT molecular complexity index is 917. The van der Waals surface area contributed by atoms with Crippen molar-refractivity contribution in [1.82, 2.24) is 0 Å². The number of rotatable bonds is 5. The molecule has 3 nitrogen and oxygen atoms in total. The first-order chi connectivity index (χ1) is 14.0. The van der Waals surface area contributed by atoms with Crippen molar-refractivity contribution in [3.8, 4) is 5.75 Å². The van der Waals surface area contributed by atoms with E-state index >= 15 is 0 Å². The summed E-state index contributed by atoms with van der Waals surface area (Å²) in [6.07, 6.45) is -5.03. The fraction of sp³-hybridized carbons (Fsp3) is 0.400.